The second-order valence-electron chi connectivity index (χ2n) is 4.20. The predicted octanol–water partition coefficient (Wildman–Crippen LogP) is 2.01. The van der Waals surface area contributed by atoms with E-state index in [2.05, 4.69) is 5.10 Å². The van der Waals surface area contributed by atoms with Crippen molar-refractivity contribution in [3.63, 3.8) is 0 Å². The van der Waals surface area contributed by atoms with E-state index in [9.17, 15) is 21.6 Å². The maximum absolute atomic E-state index is 12.5. The minimum absolute atomic E-state index is 0.0154. The van der Waals surface area contributed by atoms with E-state index in [0.29, 0.717) is 5.56 Å². The Labute approximate surface area is 108 Å². The Morgan fingerprint density at radius 1 is 1.32 bits per heavy atom. The Morgan fingerprint density at radius 2 is 1.95 bits per heavy atom. The van der Waals surface area contributed by atoms with Crippen LogP contribution in [0, 0.1) is 6.92 Å². The first-order chi connectivity index (χ1) is 8.73. The van der Waals surface area contributed by atoms with Crippen LogP contribution in [-0.4, -0.2) is 25.7 Å². The molecule has 0 radical (unpaired) electrons. The summed E-state index contributed by atoms with van der Waals surface area (Å²) in [4.78, 5) is -0.0154. The first-order valence-electron chi connectivity index (χ1n) is 5.42. The largest absolute Gasteiger partial charge is 0.410 e. The molecule has 0 saturated carbocycles. The average molecular weight is 292 g/mol. The van der Waals surface area contributed by atoms with E-state index in [0.717, 1.165) is 0 Å². The first-order valence-corrected chi connectivity index (χ1v) is 6.91. The second kappa shape index (κ2) is 4.52. The highest BCUT2D eigenvalue weighted by molar-refractivity contribution is 8.06. The van der Waals surface area contributed by atoms with E-state index in [1.54, 1.807) is 19.1 Å². The summed E-state index contributed by atoms with van der Waals surface area (Å²) in [7, 11) is -3.98. The lowest BCUT2D eigenvalue weighted by molar-refractivity contribution is -0.151. The van der Waals surface area contributed by atoms with Crippen LogP contribution in [-0.2, 0) is 9.84 Å². The number of nitrogens with zero attached hydrogens (tertiary/aromatic N) is 1. The highest BCUT2D eigenvalue weighted by atomic mass is 32.2. The molecule has 0 fully saturated rings. The summed E-state index contributed by atoms with van der Waals surface area (Å²) >= 11 is 0. The Morgan fingerprint density at radius 3 is 2.47 bits per heavy atom. The smallest absolute Gasteiger partial charge is 0.296 e. The van der Waals surface area contributed by atoms with Gasteiger partial charge in [-0.25, -0.2) is 8.42 Å². The van der Waals surface area contributed by atoms with Crippen molar-refractivity contribution in [1.82, 2.24) is 5.43 Å². The van der Waals surface area contributed by atoms with Crippen molar-refractivity contribution in [3.05, 3.63) is 29.8 Å². The molecule has 0 spiro atoms. The third-order valence-electron chi connectivity index (χ3n) is 2.81. The van der Waals surface area contributed by atoms with Crippen molar-refractivity contribution in [1.29, 1.82) is 0 Å². The molecule has 0 aliphatic carbocycles. The van der Waals surface area contributed by atoms with Crippen molar-refractivity contribution < 1.29 is 21.6 Å². The molecule has 8 heteroatoms. The minimum atomic E-state index is -4.52. The third-order valence-corrected chi connectivity index (χ3v) is 4.73. The van der Waals surface area contributed by atoms with Crippen molar-refractivity contribution >= 4 is 14.9 Å². The van der Waals surface area contributed by atoms with Crippen LogP contribution in [0.2, 0.25) is 0 Å². The van der Waals surface area contributed by atoms with Gasteiger partial charge in [0, 0.05) is 6.42 Å². The maximum Gasteiger partial charge on any atom is 0.410 e. The monoisotopic (exact) mass is 292 g/mol. The number of nitrogens with one attached hydrogen (secondary N) is 1. The maximum atomic E-state index is 12.5. The second-order valence-corrected chi connectivity index (χ2v) is 6.12. The minimum Gasteiger partial charge on any atom is -0.296 e. The van der Waals surface area contributed by atoms with Crippen LogP contribution in [0.5, 0.6) is 0 Å². The number of hydrogen-bond donors (Lipinski definition) is 1. The molecule has 0 amide bonds. The van der Waals surface area contributed by atoms with Gasteiger partial charge in [0.2, 0.25) is 9.84 Å². The zero-order valence-electron chi connectivity index (χ0n) is 9.90. The van der Waals surface area contributed by atoms with E-state index < -0.39 is 33.5 Å². The van der Waals surface area contributed by atoms with E-state index in [1.165, 1.54) is 12.1 Å². The number of alkyl halides is 3. The fraction of sp³-hybridized carbons (Fsp3) is 0.364. The van der Waals surface area contributed by atoms with Crippen LogP contribution >= 0.6 is 0 Å². The van der Waals surface area contributed by atoms with Gasteiger partial charge in [0.15, 0.2) is 5.04 Å². The van der Waals surface area contributed by atoms with Crippen LogP contribution < -0.4 is 5.43 Å². The summed E-state index contributed by atoms with van der Waals surface area (Å²) < 4.78 is 61.8. The number of benzene rings is 1. The SMILES string of the molecule is Cc1ccccc1S(=O)(=O)C1=NNC(C(F)(F)F)C1. The molecule has 1 aliphatic heterocycles. The molecule has 1 aromatic rings. The highest BCUT2D eigenvalue weighted by Gasteiger charge is 2.45. The molecule has 1 unspecified atom stereocenters. The summed E-state index contributed by atoms with van der Waals surface area (Å²) in [6.07, 6.45) is -5.20. The van der Waals surface area contributed by atoms with Crippen LogP contribution in [0.25, 0.3) is 0 Å². The fourth-order valence-electron chi connectivity index (χ4n) is 1.76. The Hall–Kier alpha value is -1.57. The van der Waals surface area contributed by atoms with Crippen LogP contribution in [0.15, 0.2) is 34.3 Å². The number of halogens is 3. The fourth-order valence-corrected chi connectivity index (χ4v) is 3.32. The third kappa shape index (κ3) is 2.58. The van der Waals surface area contributed by atoms with Crippen molar-refractivity contribution in [2.75, 3.05) is 0 Å². The quantitative estimate of drug-likeness (QED) is 0.861. The zero-order chi connectivity index (χ0) is 14.3. The van der Waals surface area contributed by atoms with Crippen LogP contribution in [0.1, 0.15) is 12.0 Å². The topological polar surface area (TPSA) is 58.5 Å². The standard InChI is InChI=1S/C11H11F3N2O2S/c1-7-4-2-3-5-8(7)19(17,18)10-6-9(15-16-10)11(12,13)14/h2-5,9,15H,6H2,1H3. The lowest BCUT2D eigenvalue weighted by Gasteiger charge is -2.13. The molecule has 1 aliphatic rings. The molecule has 19 heavy (non-hydrogen) atoms. The number of rotatable bonds is 1. The lowest BCUT2D eigenvalue weighted by atomic mass is 10.2. The molecule has 1 aromatic carbocycles. The van der Waals surface area contributed by atoms with Gasteiger partial charge in [-0.2, -0.15) is 18.3 Å². The van der Waals surface area contributed by atoms with Gasteiger partial charge in [-0.15, -0.1) is 0 Å². The average Bonchev–Trinajstić information content (AvgIpc) is 2.78. The molecular weight excluding hydrogens is 281 g/mol. The van der Waals surface area contributed by atoms with Crippen molar-refractivity contribution in [2.24, 2.45) is 5.10 Å². The molecule has 0 saturated heterocycles. The molecule has 1 N–H and O–H groups in total. The summed E-state index contributed by atoms with van der Waals surface area (Å²) in [6.45, 7) is 1.58. The van der Waals surface area contributed by atoms with Crippen molar-refractivity contribution in [3.8, 4) is 0 Å². The number of aryl methyl sites for hydroxylation is 1. The van der Waals surface area contributed by atoms with Crippen LogP contribution in [0.3, 0.4) is 0 Å². The van der Waals surface area contributed by atoms with Crippen molar-refractivity contribution in [2.45, 2.75) is 30.5 Å². The van der Waals surface area contributed by atoms with Gasteiger partial charge in [0.1, 0.15) is 6.04 Å². The molecule has 4 nitrogen and oxygen atoms in total. The predicted molar refractivity (Wildman–Crippen MR) is 63.4 cm³/mol. The first kappa shape index (κ1) is 13.9. The number of sulfone groups is 1. The summed E-state index contributed by atoms with van der Waals surface area (Å²) in [5.41, 5.74) is 2.30. The van der Waals surface area contributed by atoms with Gasteiger partial charge in [-0.1, -0.05) is 18.2 Å². The number of hydrazone groups is 1. The van der Waals surface area contributed by atoms with Gasteiger partial charge in [-0.05, 0) is 18.6 Å². The molecule has 1 atom stereocenters. The molecule has 1 heterocycles. The van der Waals surface area contributed by atoms with E-state index in [4.69, 9.17) is 0 Å². The van der Waals surface area contributed by atoms with Gasteiger partial charge in [-0.3, -0.25) is 5.43 Å². The zero-order valence-corrected chi connectivity index (χ0v) is 10.7. The van der Waals surface area contributed by atoms with E-state index in [1.807, 2.05) is 5.43 Å². The van der Waals surface area contributed by atoms with Crippen LogP contribution in [0.4, 0.5) is 13.2 Å². The Balaban J connectivity index is 2.32. The molecule has 2 rings (SSSR count). The van der Waals surface area contributed by atoms with E-state index in [-0.39, 0.29) is 4.90 Å². The van der Waals surface area contributed by atoms with E-state index >= 15 is 0 Å². The molecule has 0 bridgehead atoms. The summed E-state index contributed by atoms with van der Waals surface area (Å²) in [5, 5.41) is 2.85. The summed E-state index contributed by atoms with van der Waals surface area (Å²) in [6, 6.07) is 4.16. The normalized spacial score (nSPS) is 20.0. The Bertz CT molecular complexity index is 623. The summed E-state index contributed by atoms with van der Waals surface area (Å²) in [5.74, 6) is 0. The van der Waals surface area contributed by atoms with Gasteiger partial charge < -0.3 is 0 Å². The molecular formula is C11H11F3N2O2S. The van der Waals surface area contributed by atoms with Gasteiger partial charge in [0.05, 0.1) is 4.90 Å². The molecule has 0 aromatic heterocycles. The van der Waals surface area contributed by atoms with Gasteiger partial charge in [0.25, 0.3) is 0 Å². The Kier molecular flexibility index (Phi) is 3.29. The highest BCUT2D eigenvalue weighted by Crippen LogP contribution is 2.28. The number of hydrogen-bond acceptors (Lipinski definition) is 4. The molecule has 104 valence electrons. The lowest BCUT2D eigenvalue weighted by Crippen LogP contribution is -2.36. The van der Waals surface area contributed by atoms with Gasteiger partial charge >= 0.3 is 6.18 Å².